The summed E-state index contributed by atoms with van der Waals surface area (Å²) in [6, 6.07) is 0. The third kappa shape index (κ3) is 2.99. The zero-order valence-corrected chi connectivity index (χ0v) is 9.82. The minimum absolute atomic E-state index is 0.154. The van der Waals surface area contributed by atoms with Gasteiger partial charge in [-0.25, -0.2) is 4.63 Å². The van der Waals surface area contributed by atoms with Crippen molar-refractivity contribution in [2.24, 2.45) is 0 Å². The van der Waals surface area contributed by atoms with Crippen LogP contribution in [0.25, 0.3) is 0 Å². The van der Waals surface area contributed by atoms with E-state index in [0.717, 1.165) is 0 Å². The van der Waals surface area contributed by atoms with Gasteiger partial charge >= 0.3 is 0 Å². The van der Waals surface area contributed by atoms with E-state index >= 15 is 0 Å². The van der Waals surface area contributed by atoms with E-state index in [9.17, 15) is 4.79 Å². The standard InChI is InChI=1S/C8H11N7O3/c1-5-7(13-18-12-5)17-4-3-15-11-8(10-14-15)9-6(2)16/h3-4H2,1-2H3,(H,9,11,16). The van der Waals surface area contributed by atoms with Crippen molar-refractivity contribution in [2.75, 3.05) is 11.9 Å². The molecule has 10 heteroatoms. The fourth-order valence-corrected chi connectivity index (χ4v) is 1.12. The summed E-state index contributed by atoms with van der Waals surface area (Å²) in [5, 5.41) is 20.8. The first kappa shape index (κ1) is 12.0. The third-order valence-corrected chi connectivity index (χ3v) is 1.88. The molecule has 0 saturated heterocycles. The summed E-state index contributed by atoms with van der Waals surface area (Å²) >= 11 is 0. The second-order valence-electron chi connectivity index (χ2n) is 3.39. The molecular weight excluding hydrogens is 242 g/mol. The lowest BCUT2D eigenvalue weighted by atomic mass is 10.5. The van der Waals surface area contributed by atoms with Crippen LogP contribution in [0.1, 0.15) is 12.6 Å². The minimum atomic E-state index is -0.255. The predicted molar refractivity (Wildman–Crippen MR) is 56.7 cm³/mol. The maximum absolute atomic E-state index is 10.8. The van der Waals surface area contributed by atoms with Gasteiger partial charge in [-0.3, -0.25) is 10.1 Å². The predicted octanol–water partition coefficient (Wildman–Crippen LogP) is -0.598. The van der Waals surface area contributed by atoms with Crippen molar-refractivity contribution in [3.05, 3.63) is 5.69 Å². The average Bonchev–Trinajstić information content (AvgIpc) is 2.89. The summed E-state index contributed by atoms with van der Waals surface area (Å²) in [5.74, 6) is 0.231. The Bertz CT molecular complexity index is 534. The van der Waals surface area contributed by atoms with Gasteiger partial charge in [-0.05, 0) is 17.3 Å². The number of aromatic nitrogens is 6. The van der Waals surface area contributed by atoms with Crippen LogP contribution < -0.4 is 10.1 Å². The van der Waals surface area contributed by atoms with Crippen molar-refractivity contribution in [3.8, 4) is 5.88 Å². The van der Waals surface area contributed by atoms with Crippen LogP contribution in [0.4, 0.5) is 5.95 Å². The van der Waals surface area contributed by atoms with Crippen LogP contribution in [0, 0.1) is 6.92 Å². The fourth-order valence-electron chi connectivity index (χ4n) is 1.12. The molecule has 0 fully saturated rings. The summed E-state index contributed by atoms with van der Waals surface area (Å²) in [5.41, 5.74) is 0.570. The lowest BCUT2D eigenvalue weighted by molar-refractivity contribution is -0.114. The zero-order valence-electron chi connectivity index (χ0n) is 9.82. The molecule has 0 spiro atoms. The maximum Gasteiger partial charge on any atom is 0.278 e. The number of ether oxygens (including phenoxy) is 1. The number of carbonyl (C=O) groups is 1. The Morgan fingerprint density at radius 3 is 3.00 bits per heavy atom. The number of nitrogens with one attached hydrogen (secondary N) is 1. The smallest absolute Gasteiger partial charge is 0.278 e. The Kier molecular flexibility index (Phi) is 3.46. The first-order chi connectivity index (χ1) is 8.65. The number of hydrogen-bond donors (Lipinski definition) is 1. The molecule has 0 unspecified atom stereocenters. The van der Waals surface area contributed by atoms with Crippen LogP contribution in [-0.4, -0.2) is 43.0 Å². The molecular formula is C8H11N7O3. The second kappa shape index (κ2) is 5.21. The highest BCUT2D eigenvalue weighted by molar-refractivity contribution is 5.86. The van der Waals surface area contributed by atoms with Gasteiger partial charge in [0, 0.05) is 6.92 Å². The Labute approximate surface area is 101 Å². The highest BCUT2D eigenvalue weighted by Gasteiger charge is 2.07. The van der Waals surface area contributed by atoms with Crippen molar-refractivity contribution in [3.63, 3.8) is 0 Å². The van der Waals surface area contributed by atoms with Crippen LogP contribution in [0.2, 0.25) is 0 Å². The number of tetrazole rings is 1. The number of aryl methyl sites for hydroxylation is 1. The Morgan fingerprint density at radius 2 is 2.33 bits per heavy atom. The van der Waals surface area contributed by atoms with Gasteiger partial charge in [0.05, 0.1) is 6.54 Å². The zero-order chi connectivity index (χ0) is 13.0. The van der Waals surface area contributed by atoms with Gasteiger partial charge in [0.25, 0.3) is 11.8 Å². The van der Waals surface area contributed by atoms with Gasteiger partial charge in [-0.1, -0.05) is 10.3 Å². The van der Waals surface area contributed by atoms with Gasteiger partial charge in [-0.15, -0.1) is 5.10 Å². The van der Waals surface area contributed by atoms with E-state index < -0.39 is 0 Å². The molecule has 0 aliphatic heterocycles. The monoisotopic (exact) mass is 253 g/mol. The largest absolute Gasteiger partial charge is 0.472 e. The molecule has 0 saturated carbocycles. The molecule has 2 aromatic rings. The first-order valence-electron chi connectivity index (χ1n) is 5.12. The molecule has 2 aromatic heterocycles. The number of carbonyl (C=O) groups excluding carboxylic acids is 1. The normalized spacial score (nSPS) is 10.3. The Balaban J connectivity index is 1.82. The van der Waals surface area contributed by atoms with Gasteiger partial charge in [0.15, 0.2) is 0 Å². The average molecular weight is 253 g/mol. The number of hydrogen-bond acceptors (Lipinski definition) is 8. The van der Waals surface area contributed by atoms with Crippen LogP contribution in [0.15, 0.2) is 4.63 Å². The van der Waals surface area contributed by atoms with Gasteiger partial charge in [-0.2, -0.15) is 4.80 Å². The molecule has 0 aromatic carbocycles. The van der Waals surface area contributed by atoms with Crippen LogP contribution in [-0.2, 0) is 11.3 Å². The van der Waals surface area contributed by atoms with Gasteiger partial charge in [0.2, 0.25) is 5.91 Å². The molecule has 0 bridgehead atoms. The van der Waals surface area contributed by atoms with E-state index in [1.807, 2.05) is 0 Å². The van der Waals surface area contributed by atoms with E-state index in [0.29, 0.717) is 18.1 Å². The summed E-state index contributed by atoms with van der Waals surface area (Å²) in [6.45, 7) is 3.72. The lowest BCUT2D eigenvalue weighted by Gasteiger charge is -2.00. The third-order valence-electron chi connectivity index (χ3n) is 1.88. The molecule has 0 aliphatic rings. The van der Waals surface area contributed by atoms with Crippen LogP contribution in [0.5, 0.6) is 5.88 Å². The molecule has 2 rings (SSSR count). The highest BCUT2D eigenvalue weighted by Crippen LogP contribution is 2.09. The molecule has 1 amide bonds. The molecule has 2 heterocycles. The Hall–Kier alpha value is -2.52. The SMILES string of the molecule is CC(=O)Nc1nnn(CCOc2nonc2C)n1. The van der Waals surface area contributed by atoms with E-state index in [4.69, 9.17) is 4.74 Å². The van der Waals surface area contributed by atoms with E-state index in [1.165, 1.54) is 11.7 Å². The van der Waals surface area contributed by atoms with E-state index in [1.54, 1.807) is 6.92 Å². The fraction of sp³-hybridized carbons (Fsp3) is 0.500. The number of nitrogens with zero attached hydrogens (tertiary/aromatic N) is 6. The molecule has 10 nitrogen and oxygen atoms in total. The van der Waals surface area contributed by atoms with Crippen molar-refractivity contribution in [1.29, 1.82) is 0 Å². The van der Waals surface area contributed by atoms with Crippen molar-refractivity contribution >= 4 is 11.9 Å². The van der Waals surface area contributed by atoms with Crippen LogP contribution in [0.3, 0.4) is 0 Å². The molecule has 18 heavy (non-hydrogen) atoms. The molecule has 0 aliphatic carbocycles. The molecule has 0 radical (unpaired) electrons. The quantitative estimate of drug-likeness (QED) is 0.749. The Morgan fingerprint density at radius 1 is 1.50 bits per heavy atom. The van der Waals surface area contributed by atoms with Gasteiger partial charge in [0.1, 0.15) is 12.3 Å². The molecule has 0 atom stereocenters. The minimum Gasteiger partial charge on any atom is -0.472 e. The topological polar surface area (TPSA) is 121 Å². The molecule has 96 valence electrons. The van der Waals surface area contributed by atoms with Crippen molar-refractivity contribution in [1.82, 2.24) is 30.5 Å². The van der Waals surface area contributed by atoms with Crippen LogP contribution >= 0.6 is 0 Å². The number of rotatable bonds is 5. The number of amides is 1. The van der Waals surface area contributed by atoms with Crippen molar-refractivity contribution in [2.45, 2.75) is 20.4 Å². The summed E-state index contributed by atoms with van der Waals surface area (Å²) in [6.07, 6.45) is 0. The summed E-state index contributed by atoms with van der Waals surface area (Å²) < 4.78 is 9.76. The summed E-state index contributed by atoms with van der Waals surface area (Å²) in [7, 11) is 0. The lowest BCUT2D eigenvalue weighted by Crippen LogP contribution is -2.12. The van der Waals surface area contributed by atoms with E-state index in [-0.39, 0.29) is 18.5 Å². The molecule has 1 N–H and O–H groups in total. The second-order valence-corrected chi connectivity index (χ2v) is 3.39. The highest BCUT2D eigenvalue weighted by atomic mass is 16.6. The first-order valence-corrected chi connectivity index (χ1v) is 5.12. The van der Waals surface area contributed by atoms with Crippen molar-refractivity contribution < 1.29 is 14.2 Å². The summed E-state index contributed by atoms with van der Waals surface area (Å²) in [4.78, 5) is 12.1. The number of anilines is 1. The maximum atomic E-state index is 10.8. The van der Waals surface area contributed by atoms with E-state index in [2.05, 4.69) is 35.7 Å². The van der Waals surface area contributed by atoms with Gasteiger partial charge < -0.3 is 4.74 Å².